The van der Waals surface area contributed by atoms with Crippen molar-refractivity contribution in [2.45, 2.75) is 38.0 Å². The molecular weight excluding hydrogens is 268 g/mol. The largest absolute Gasteiger partial charge is 0.497 e. The smallest absolute Gasteiger partial charge is 0.122 e. The molecule has 1 aromatic heterocycles. The minimum Gasteiger partial charge on any atom is -0.497 e. The number of hydrogen-bond donors (Lipinski definition) is 1. The monoisotopic (exact) mass is 292 g/mol. The van der Waals surface area contributed by atoms with E-state index in [1.807, 2.05) is 12.1 Å². The van der Waals surface area contributed by atoms with E-state index < -0.39 is 0 Å². The van der Waals surface area contributed by atoms with Gasteiger partial charge in [-0.25, -0.2) is 0 Å². The van der Waals surface area contributed by atoms with Crippen molar-refractivity contribution >= 4 is 0 Å². The Morgan fingerprint density at radius 2 is 2.38 bits per heavy atom. The van der Waals surface area contributed by atoms with Crippen LogP contribution in [0.4, 0.5) is 0 Å². The van der Waals surface area contributed by atoms with Gasteiger partial charge in [0.25, 0.3) is 0 Å². The molecule has 0 spiro atoms. The van der Waals surface area contributed by atoms with Crippen molar-refractivity contribution in [2.75, 3.05) is 26.9 Å². The Kier molecular flexibility index (Phi) is 4.73. The Balaban J connectivity index is 1.68. The fourth-order valence-electron chi connectivity index (χ4n) is 3.53. The fourth-order valence-corrected chi connectivity index (χ4v) is 3.53. The predicted molar refractivity (Wildman–Crippen MR) is 79.2 cm³/mol. The van der Waals surface area contributed by atoms with Crippen LogP contribution in [0.2, 0.25) is 0 Å². The van der Waals surface area contributed by atoms with Gasteiger partial charge in [0.05, 0.1) is 25.5 Å². The summed E-state index contributed by atoms with van der Waals surface area (Å²) in [7, 11) is 1.67. The van der Waals surface area contributed by atoms with E-state index in [0.29, 0.717) is 19.3 Å². The number of hydrogen-bond acceptors (Lipinski definition) is 5. The highest BCUT2D eigenvalue weighted by Crippen LogP contribution is 2.31. The van der Waals surface area contributed by atoms with Crippen LogP contribution in [0.3, 0.4) is 0 Å². The van der Waals surface area contributed by atoms with E-state index in [1.54, 1.807) is 13.3 Å². The molecule has 0 radical (unpaired) electrons. The second-order valence-corrected chi connectivity index (χ2v) is 5.96. The first kappa shape index (κ1) is 14.8. The van der Waals surface area contributed by atoms with Crippen LogP contribution in [-0.2, 0) is 11.3 Å². The average molecular weight is 292 g/mol. The maximum Gasteiger partial charge on any atom is 0.122 e. The molecule has 3 rings (SSSR count). The van der Waals surface area contributed by atoms with Crippen LogP contribution in [0.5, 0.6) is 5.75 Å². The number of aromatic nitrogens is 1. The number of pyridine rings is 1. The number of rotatable bonds is 4. The Bertz CT molecular complexity index is 469. The lowest BCUT2D eigenvalue weighted by Gasteiger charge is -2.36. The lowest BCUT2D eigenvalue weighted by molar-refractivity contribution is -0.0637. The lowest BCUT2D eigenvalue weighted by Crippen LogP contribution is -2.45. The second kappa shape index (κ2) is 6.73. The van der Waals surface area contributed by atoms with Gasteiger partial charge in [-0.05, 0) is 31.9 Å². The first-order valence-electron chi connectivity index (χ1n) is 7.76. The van der Waals surface area contributed by atoms with E-state index in [9.17, 15) is 5.11 Å². The topological polar surface area (TPSA) is 54.8 Å². The molecule has 1 N–H and O–H groups in total. The second-order valence-electron chi connectivity index (χ2n) is 5.96. The number of nitrogens with zero attached hydrogens (tertiary/aromatic N) is 2. The zero-order valence-corrected chi connectivity index (χ0v) is 12.6. The van der Waals surface area contributed by atoms with Crippen LogP contribution in [0.25, 0.3) is 0 Å². The summed E-state index contributed by atoms with van der Waals surface area (Å²) >= 11 is 0. The van der Waals surface area contributed by atoms with Gasteiger partial charge in [-0.2, -0.15) is 0 Å². The molecule has 0 amide bonds. The average Bonchev–Trinajstić information content (AvgIpc) is 2.96. The molecule has 5 nitrogen and oxygen atoms in total. The van der Waals surface area contributed by atoms with Gasteiger partial charge < -0.3 is 14.6 Å². The molecule has 5 heteroatoms. The number of likely N-dealkylation sites (tertiary alicyclic amines) is 1. The molecule has 21 heavy (non-hydrogen) atoms. The molecule has 1 aromatic rings. The Morgan fingerprint density at radius 1 is 1.48 bits per heavy atom. The van der Waals surface area contributed by atoms with Gasteiger partial charge in [-0.15, -0.1) is 0 Å². The summed E-state index contributed by atoms with van der Waals surface area (Å²) in [5.41, 5.74) is 1.02. The quantitative estimate of drug-likeness (QED) is 0.910. The van der Waals surface area contributed by atoms with Gasteiger partial charge in [0.15, 0.2) is 0 Å². The molecule has 0 unspecified atom stereocenters. The maximum absolute atomic E-state index is 10.3. The van der Waals surface area contributed by atoms with E-state index in [2.05, 4.69) is 9.88 Å². The molecule has 3 heterocycles. The minimum absolute atomic E-state index is 0.229. The molecule has 0 bridgehead atoms. The van der Waals surface area contributed by atoms with Gasteiger partial charge in [0, 0.05) is 37.4 Å². The first-order valence-corrected chi connectivity index (χ1v) is 7.76. The van der Waals surface area contributed by atoms with Crippen molar-refractivity contribution in [3.05, 3.63) is 24.0 Å². The molecule has 0 saturated carbocycles. The van der Waals surface area contributed by atoms with Crippen molar-refractivity contribution in [3.8, 4) is 5.75 Å². The van der Waals surface area contributed by atoms with Crippen molar-refractivity contribution in [1.82, 2.24) is 9.88 Å². The first-order chi connectivity index (χ1) is 10.3. The summed E-state index contributed by atoms with van der Waals surface area (Å²) in [6.07, 6.45) is 4.62. The zero-order chi connectivity index (χ0) is 14.7. The van der Waals surface area contributed by atoms with Crippen LogP contribution >= 0.6 is 0 Å². The van der Waals surface area contributed by atoms with E-state index in [0.717, 1.165) is 37.4 Å². The molecule has 2 aliphatic heterocycles. The molecule has 2 saturated heterocycles. The fraction of sp³-hybridized carbons (Fsp3) is 0.688. The third kappa shape index (κ3) is 3.36. The van der Waals surface area contributed by atoms with Crippen LogP contribution in [-0.4, -0.2) is 54.0 Å². The summed E-state index contributed by atoms with van der Waals surface area (Å²) in [6, 6.07) is 4.25. The molecule has 3 atom stereocenters. The Labute approximate surface area is 125 Å². The van der Waals surface area contributed by atoms with Crippen molar-refractivity contribution in [3.63, 3.8) is 0 Å². The summed E-state index contributed by atoms with van der Waals surface area (Å²) in [5, 5.41) is 10.3. The standard InChI is InChI=1S/C16H24N2O3/c1-20-13-4-6-17-12(9-13)10-18-7-2-3-15(18)14-11-21-8-5-16(14)19/h4,6,9,14-16,19H,2-3,5,7-8,10-11H2,1H3/t14-,15-,16+/m1/s1. The zero-order valence-electron chi connectivity index (χ0n) is 12.6. The summed E-state index contributed by atoms with van der Waals surface area (Å²) < 4.78 is 10.8. The highest BCUT2D eigenvalue weighted by molar-refractivity contribution is 5.22. The van der Waals surface area contributed by atoms with Gasteiger partial charge in [-0.1, -0.05) is 0 Å². The minimum atomic E-state index is -0.234. The van der Waals surface area contributed by atoms with Crippen molar-refractivity contribution in [2.24, 2.45) is 5.92 Å². The number of methoxy groups -OCH3 is 1. The van der Waals surface area contributed by atoms with Gasteiger partial charge >= 0.3 is 0 Å². The summed E-state index contributed by atoms with van der Waals surface area (Å²) in [4.78, 5) is 6.87. The highest BCUT2D eigenvalue weighted by atomic mass is 16.5. The van der Waals surface area contributed by atoms with Crippen LogP contribution in [0.15, 0.2) is 18.3 Å². The lowest BCUT2D eigenvalue weighted by atomic mass is 9.89. The van der Waals surface area contributed by atoms with Crippen LogP contribution < -0.4 is 4.74 Å². The molecule has 0 aliphatic carbocycles. The van der Waals surface area contributed by atoms with Crippen molar-refractivity contribution < 1.29 is 14.6 Å². The van der Waals surface area contributed by atoms with Gasteiger partial charge in [-0.3, -0.25) is 9.88 Å². The number of aliphatic hydroxyl groups is 1. The Morgan fingerprint density at radius 3 is 3.19 bits per heavy atom. The highest BCUT2D eigenvalue weighted by Gasteiger charge is 2.37. The molecule has 2 aliphatic rings. The normalized spacial score (nSPS) is 30.5. The molecular formula is C16H24N2O3. The van der Waals surface area contributed by atoms with E-state index >= 15 is 0 Å². The van der Waals surface area contributed by atoms with Crippen LogP contribution in [0.1, 0.15) is 25.0 Å². The molecule has 0 aromatic carbocycles. The van der Waals surface area contributed by atoms with E-state index in [4.69, 9.17) is 9.47 Å². The number of ether oxygens (including phenoxy) is 2. The van der Waals surface area contributed by atoms with Crippen molar-refractivity contribution in [1.29, 1.82) is 0 Å². The van der Waals surface area contributed by atoms with Crippen LogP contribution in [0, 0.1) is 5.92 Å². The predicted octanol–water partition coefficient (Wildman–Crippen LogP) is 1.45. The molecule has 2 fully saturated rings. The van der Waals surface area contributed by atoms with E-state index in [1.165, 1.54) is 6.42 Å². The van der Waals surface area contributed by atoms with E-state index in [-0.39, 0.29) is 12.0 Å². The molecule has 116 valence electrons. The summed E-state index contributed by atoms with van der Waals surface area (Å²) in [6.45, 7) is 3.23. The Hall–Kier alpha value is -1.17. The SMILES string of the molecule is COc1ccnc(CN2CCC[C@@H]2[C@H]2COCC[C@@H]2O)c1. The van der Waals surface area contributed by atoms with Gasteiger partial charge in [0.2, 0.25) is 0 Å². The maximum atomic E-state index is 10.3. The number of aliphatic hydroxyl groups excluding tert-OH is 1. The summed E-state index contributed by atoms with van der Waals surface area (Å²) in [5.74, 6) is 1.07. The third-order valence-corrected chi connectivity index (χ3v) is 4.66. The third-order valence-electron chi connectivity index (χ3n) is 4.66. The van der Waals surface area contributed by atoms with Gasteiger partial charge in [0.1, 0.15) is 5.75 Å².